The highest BCUT2D eigenvalue weighted by Gasteiger charge is 2.19. The number of halogens is 1. The van der Waals surface area contributed by atoms with Crippen LogP contribution in [0.2, 0.25) is 0 Å². The molecular formula is C13H7BrN2O3S. The largest absolute Gasteiger partial charge is 0.360 e. The number of hydrogen-bond donors (Lipinski definition) is 1. The summed E-state index contributed by atoms with van der Waals surface area (Å²) in [7, 11) is 0. The SMILES string of the molecule is O=C(c1sccc1Br)c1c[nH]c2ccc([N+](=O)[O-])cc12. The highest BCUT2D eigenvalue weighted by Crippen LogP contribution is 2.30. The first-order chi connectivity index (χ1) is 9.58. The van der Waals surface area contributed by atoms with Crippen LogP contribution in [0, 0.1) is 10.1 Å². The van der Waals surface area contributed by atoms with Gasteiger partial charge >= 0.3 is 0 Å². The lowest BCUT2D eigenvalue weighted by Crippen LogP contribution is -1.98. The van der Waals surface area contributed by atoms with Gasteiger partial charge in [-0.05, 0) is 33.4 Å². The third kappa shape index (κ3) is 2.04. The molecule has 0 amide bonds. The van der Waals surface area contributed by atoms with Gasteiger partial charge < -0.3 is 4.98 Å². The Morgan fingerprint density at radius 3 is 2.80 bits per heavy atom. The predicted molar refractivity (Wildman–Crippen MR) is 80.4 cm³/mol. The van der Waals surface area contributed by atoms with Crippen molar-refractivity contribution in [1.29, 1.82) is 0 Å². The lowest BCUT2D eigenvalue weighted by molar-refractivity contribution is -0.384. The molecule has 3 rings (SSSR count). The van der Waals surface area contributed by atoms with Crippen LogP contribution in [0.25, 0.3) is 10.9 Å². The molecule has 0 saturated heterocycles. The quantitative estimate of drug-likeness (QED) is 0.438. The molecule has 0 fully saturated rings. The fourth-order valence-corrected chi connectivity index (χ4v) is 3.49. The van der Waals surface area contributed by atoms with Crippen molar-refractivity contribution >= 4 is 49.6 Å². The van der Waals surface area contributed by atoms with Gasteiger partial charge in [0.05, 0.1) is 9.80 Å². The number of hydrogen-bond acceptors (Lipinski definition) is 4. The summed E-state index contributed by atoms with van der Waals surface area (Å²) in [4.78, 5) is 26.4. The molecule has 1 N–H and O–H groups in total. The Morgan fingerprint density at radius 1 is 1.35 bits per heavy atom. The van der Waals surface area contributed by atoms with Gasteiger partial charge in [-0.3, -0.25) is 14.9 Å². The van der Waals surface area contributed by atoms with E-state index >= 15 is 0 Å². The topological polar surface area (TPSA) is 76.0 Å². The Kier molecular flexibility index (Phi) is 3.15. The molecule has 2 aromatic heterocycles. The number of fused-ring (bicyclic) bond motifs is 1. The van der Waals surface area contributed by atoms with Gasteiger partial charge in [-0.1, -0.05) is 0 Å². The summed E-state index contributed by atoms with van der Waals surface area (Å²) in [6, 6.07) is 6.23. The molecule has 0 unspecified atom stereocenters. The lowest BCUT2D eigenvalue weighted by Gasteiger charge is -1.98. The summed E-state index contributed by atoms with van der Waals surface area (Å²) < 4.78 is 0.729. The number of nitro benzene ring substituents is 1. The molecule has 0 atom stereocenters. The molecule has 0 bridgehead atoms. The van der Waals surface area contributed by atoms with Gasteiger partial charge in [0.25, 0.3) is 5.69 Å². The van der Waals surface area contributed by atoms with Gasteiger partial charge in [0.15, 0.2) is 0 Å². The van der Waals surface area contributed by atoms with Crippen LogP contribution in [0.4, 0.5) is 5.69 Å². The van der Waals surface area contributed by atoms with Crippen LogP contribution < -0.4 is 0 Å². The number of ketones is 1. The van der Waals surface area contributed by atoms with Crippen LogP contribution in [0.3, 0.4) is 0 Å². The number of carbonyl (C=O) groups excluding carboxylic acids is 1. The molecule has 1 aromatic carbocycles. The van der Waals surface area contributed by atoms with E-state index in [2.05, 4.69) is 20.9 Å². The average Bonchev–Trinajstić information content (AvgIpc) is 3.03. The van der Waals surface area contributed by atoms with Crippen molar-refractivity contribution in [1.82, 2.24) is 4.98 Å². The molecule has 0 saturated carbocycles. The van der Waals surface area contributed by atoms with Crippen LogP contribution in [0.5, 0.6) is 0 Å². The van der Waals surface area contributed by atoms with E-state index in [-0.39, 0.29) is 11.5 Å². The summed E-state index contributed by atoms with van der Waals surface area (Å²) in [5.74, 6) is -0.154. The second-order valence-corrected chi connectivity index (χ2v) is 5.89. The van der Waals surface area contributed by atoms with Gasteiger partial charge in [-0.25, -0.2) is 0 Å². The molecule has 0 aliphatic carbocycles. The van der Waals surface area contributed by atoms with E-state index in [1.165, 1.54) is 23.5 Å². The minimum absolute atomic E-state index is 0.0311. The molecular weight excluding hydrogens is 344 g/mol. The van der Waals surface area contributed by atoms with E-state index in [0.29, 0.717) is 21.3 Å². The maximum Gasteiger partial charge on any atom is 0.270 e. The number of aromatic nitrogens is 1. The van der Waals surface area contributed by atoms with E-state index in [9.17, 15) is 14.9 Å². The van der Waals surface area contributed by atoms with Crippen LogP contribution in [0.15, 0.2) is 40.3 Å². The maximum atomic E-state index is 12.5. The van der Waals surface area contributed by atoms with Crippen LogP contribution in [0.1, 0.15) is 15.2 Å². The van der Waals surface area contributed by atoms with Crippen molar-refractivity contribution in [2.45, 2.75) is 0 Å². The minimum Gasteiger partial charge on any atom is -0.360 e. The molecule has 5 nitrogen and oxygen atoms in total. The Bertz CT molecular complexity index is 837. The van der Waals surface area contributed by atoms with Crippen molar-refractivity contribution in [3.63, 3.8) is 0 Å². The van der Waals surface area contributed by atoms with Crippen molar-refractivity contribution in [2.24, 2.45) is 0 Å². The smallest absolute Gasteiger partial charge is 0.270 e. The fourth-order valence-electron chi connectivity index (χ4n) is 1.99. The summed E-state index contributed by atoms with van der Waals surface area (Å²) in [6.45, 7) is 0. The normalized spacial score (nSPS) is 10.8. The Balaban J connectivity index is 2.17. The Hall–Kier alpha value is -1.99. The molecule has 2 heterocycles. The number of non-ortho nitro benzene ring substituents is 1. The zero-order valence-corrected chi connectivity index (χ0v) is 12.3. The molecule has 0 radical (unpaired) electrons. The molecule has 0 aliphatic rings. The number of nitrogens with one attached hydrogen (secondary N) is 1. The monoisotopic (exact) mass is 350 g/mol. The first-order valence-electron chi connectivity index (χ1n) is 5.61. The second kappa shape index (κ2) is 4.84. The minimum atomic E-state index is -0.470. The van der Waals surface area contributed by atoms with Crippen molar-refractivity contribution in [2.75, 3.05) is 0 Å². The maximum absolute atomic E-state index is 12.5. The zero-order chi connectivity index (χ0) is 14.3. The van der Waals surface area contributed by atoms with Gasteiger partial charge in [-0.15, -0.1) is 11.3 Å². The molecule has 20 heavy (non-hydrogen) atoms. The van der Waals surface area contributed by atoms with Crippen molar-refractivity contribution in [3.8, 4) is 0 Å². The Morgan fingerprint density at radius 2 is 2.15 bits per heavy atom. The summed E-state index contributed by atoms with van der Waals surface area (Å²) in [5, 5.41) is 13.2. The third-order valence-electron chi connectivity index (χ3n) is 2.94. The van der Waals surface area contributed by atoms with Crippen LogP contribution in [-0.4, -0.2) is 15.7 Å². The zero-order valence-electron chi connectivity index (χ0n) is 9.92. The van der Waals surface area contributed by atoms with Crippen LogP contribution >= 0.6 is 27.3 Å². The number of aromatic amines is 1. The van der Waals surface area contributed by atoms with Gasteiger partial charge in [-0.2, -0.15) is 0 Å². The second-order valence-electron chi connectivity index (χ2n) is 4.12. The average molecular weight is 351 g/mol. The lowest BCUT2D eigenvalue weighted by atomic mass is 10.1. The Labute approximate surface area is 125 Å². The highest BCUT2D eigenvalue weighted by atomic mass is 79.9. The first-order valence-corrected chi connectivity index (χ1v) is 7.28. The van der Waals surface area contributed by atoms with E-state index in [4.69, 9.17) is 0 Å². The molecule has 3 aromatic rings. The number of carbonyl (C=O) groups is 1. The van der Waals surface area contributed by atoms with E-state index < -0.39 is 4.92 Å². The number of thiophene rings is 1. The van der Waals surface area contributed by atoms with E-state index in [1.807, 2.05) is 5.38 Å². The predicted octanol–water partition coefficient (Wildman–Crippen LogP) is 4.13. The molecule has 7 heteroatoms. The number of rotatable bonds is 3. The highest BCUT2D eigenvalue weighted by molar-refractivity contribution is 9.10. The van der Waals surface area contributed by atoms with Crippen molar-refractivity contribution < 1.29 is 9.72 Å². The summed E-state index contributed by atoms with van der Waals surface area (Å²) in [5.41, 5.74) is 1.11. The third-order valence-corrected chi connectivity index (χ3v) is 4.78. The number of H-pyrrole nitrogens is 1. The molecule has 0 aliphatic heterocycles. The first kappa shape index (κ1) is 13.0. The number of benzene rings is 1. The molecule has 0 spiro atoms. The number of nitro groups is 1. The summed E-state index contributed by atoms with van der Waals surface area (Å²) in [6.07, 6.45) is 1.59. The van der Waals surface area contributed by atoms with Crippen LogP contribution in [-0.2, 0) is 0 Å². The summed E-state index contributed by atoms with van der Waals surface area (Å²) >= 11 is 4.66. The fraction of sp³-hybridized carbons (Fsp3) is 0. The molecule has 100 valence electrons. The van der Waals surface area contributed by atoms with E-state index in [1.54, 1.807) is 18.3 Å². The standard InChI is InChI=1S/C13H7BrN2O3S/c14-10-3-4-20-13(10)12(17)9-6-15-11-2-1-7(16(18)19)5-8(9)11/h1-6,15H. The number of nitrogens with zero attached hydrogens (tertiary/aromatic N) is 1. The van der Waals surface area contributed by atoms with E-state index in [0.717, 1.165) is 4.47 Å². The van der Waals surface area contributed by atoms with Gasteiger partial charge in [0, 0.05) is 39.3 Å². The van der Waals surface area contributed by atoms with Gasteiger partial charge in [0.1, 0.15) is 0 Å². The van der Waals surface area contributed by atoms with Crippen molar-refractivity contribution in [3.05, 3.63) is 60.9 Å². The van der Waals surface area contributed by atoms with Gasteiger partial charge in [0.2, 0.25) is 5.78 Å².